The van der Waals surface area contributed by atoms with Crippen LogP contribution in [0.2, 0.25) is 0 Å². The van der Waals surface area contributed by atoms with Crippen molar-refractivity contribution in [1.82, 2.24) is 5.32 Å². The van der Waals surface area contributed by atoms with Gasteiger partial charge < -0.3 is 15.4 Å². The number of rotatable bonds is 7. The van der Waals surface area contributed by atoms with Gasteiger partial charge in [0.2, 0.25) is 11.8 Å². The Morgan fingerprint density at radius 2 is 1.69 bits per heavy atom. The number of anilines is 1. The Kier molecular flexibility index (Phi) is 5.56. The maximum Gasteiger partial charge on any atom is 0.228 e. The van der Waals surface area contributed by atoms with Crippen molar-refractivity contribution in [3.05, 3.63) is 60.2 Å². The molecule has 3 rings (SSSR count). The fraction of sp³-hybridized carbons (Fsp3) is 0.333. The maximum atomic E-state index is 12.5. The summed E-state index contributed by atoms with van der Waals surface area (Å²) in [7, 11) is 0. The van der Waals surface area contributed by atoms with Gasteiger partial charge in [-0.2, -0.15) is 0 Å². The third-order valence-corrected chi connectivity index (χ3v) is 4.57. The lowest BCUT2D eigenvalue weighted by atomic mass is 10.1. The lowest BCUT2D eigenvalue weighted by molar-refractivity contribution is -0.125. The number of amides is 2. The van der Waals surface area contributed by atoms with Crippen molar-refractivity contribution in [1.29, 1.82) is 0 Å². The number of benzene rings is 2. The van der Waals surface area contributed by atoms with E-state index >= 15 is 0 Å². The van der Waals surface area contributed by atoms with Crippen LogP contribution in [-0.4, -0.2) is 18.4 Å². The van der Waals surface area contributed by atoms with Gasteiger partial charge in [0.05, 0.1) is 30.2 Å². The smallest absolute Gasteiger partial charge is 0.228 e. The number of carbonyl (C=O) groups excluding carboxylic acids is 2. The summed E-state index contributed by atoms with van der Waals surface area (Å²) in [5.74, 6) is -0.111. The van der Waals surface area contributed by atoms with E-state index in [1.807, 2.05) is 62.4 Å². The Bertz CT molecular complexity index is 776. The van der Waals surface area contributed by atoms with Crippen molar-refractivity contribution in [2.45, 2.75) is 26.3 Å². The largest absolute Gasteiger partial charge is 0.492 e. The van der Waals surface area contributed by atoms with Crippen molar-refractivity contribution < 1.29 is 14.3 Å². The molecule has 0 spiro atoms. The molecule has 0 aliphatic heterocycles. The van der Waals surface area contributed by atoms with E-state index in [1.54, 1.807) is 6.07 Å². The summed E-state index contributed by atoms with van der Waals surface area (Å²) in [5, 5.41) is 5.88. The zero-order chi connectivity index (χ0) is 18.5. The van der Waals surface area contributed by atoms with Gasteiger partial charge in [-0.05, 0) is 38.0 Å². The van der Waals surface area contributed by atoms with E-state index in [0.29, 0.717) is 24.5 Å². The monoisotopic (exact) mass is 352 g/mol. The highest BCUT2D eigenvalue weighted by Gasteiger charge is 2.48. The summed E-state index contributed by atoms with van der Waals surface area (Å²) in [6.45, 7) is 4.37. The van der Waals surface area contributed by atoms with Crippen LogP contribution in [0, 0.1) is 11.8 Å². The van der Waals surface area contributed by atoms with Gasteiger partial charge in [-0.25, -0.2) is 0 Å². The SMILES string of the molecule is CCOc1ccccc1NC(=O)C1CC1C(=O)NC(C)c1ccccc1. The molecule has 2 aromatic carbocycles. The van der Waals surface area contributed by atoms with Gasteiger partial charge in [0.1, 0.15) is 5.75 Å². The number of hydrogen-bond acceptors (Lipinski definition) is 3. The minimum Gasteiger partial charge on any atom is -0.492 e. The van der Waals surface area contributed by atoms with Crippen LogP contribution >= 0.6 is 0 Å². The van der Waals surface area contributed by atoms with Crippen molar-refractivity contribution in [2.75, 3.05) is 11.9 Å². The lowest BCUT2D eigenvalue weighted by Crippen LogP contribution is -2.29. The van der Waals surface area contributed by atoms with Crippen LogP contribution in [0.4, 0.5) is 5.69 Å². The predicted octanol–water partition coefficient (Wildman–Crippen LogP) is 3.54. The molecule has 1 aliphatic carbocycles. The number of ether oxygens (including phenoxy) is 1. The van der Waals surface area contributed by atoms with Crippen molar-refractivity contribution in [2.24, 2.45) is 11.8 Å². The normalized spacial score (nSPS) is 19.3. The second-order valence-corrected chi connectivity index (χ2v) is 6.51. The van der Waals surface area contributed by atoms with Crippen LogP contribution in [-0.2, 0) is 9.59 Å². The molecule has 0 heterocycles. The van der Waals surface area contributed by atoms with E-state index in [1.165, 1.54) is 0 Å². The van der Waals surface area contributed by atoms with Gasteiger partial charge >= 0.3 is 0 Å². The van der Waals surface area contributed by atoms with Crippen molar-refractivity contribution >= 4 is 17.5 Å². The van der Waals surface area contributed by atoms with E-state index < -0.39 is 0 Å². The first-order chi connectivity index (χ1) is 12.6. The van der Waals surface area contributed by atoms with E-state index in [-0.39, 0.29) is 29.7 Å². The Morgan fingerprint density at radius 1 is 1.04 bits per heavy atom. The molecule has 136 valence electrons. The van der Waals surface area contributed by atoms with E-state index in [9.17, 15) is 9.59 Å². The summed E-state index contributed by atoms with van der Waals surface area (Å²) in [4.78, 5) is 24.9. The maximum absolute atomic E-state index is 12.5. The Balaban J connectivity index is 1.55. The average molecular weight is 352 g/mol. The number of para-hydroxylation sites is 2. The quantitative estimate of drug-likeness (QED) is 0.801. The fourth-order valence-corrected chi connectivity index (χ4v) is 3.00. The lowest BCUT2D eigenvalue weighted by Gasteiger charge is -2.14. The van der Waals surface area contributed by atoms with Crippen molar-refractivity contribution in [3.8, 4) is 5.75 Å². The minimum absolute atomic E-state index is 0.0698. The highest BCUT2D eigenvalue weighted by Crippen LogP contribution is 2.40. The number of hydrogen-bond donors (Lipinski definition) is 2. The van der Waals surface area contributed by atoms with Crippen LogP contribution in [0.1, 0.15) is 31.9 Å². The third-order valence-electron chi connectivity index (χ3n) is 4.57. The highest BCUT2D eigenvalue weighted by atomic mass is 16.5. The first kappa shape index (κ1) is 18.0. The first-order valence-electron chi connectivity index (χ1n) is 8.98. The fourth-order valence-electron chi connectivity index (χ4n) is 3.00. The summed E-state index contributed by atoms with van der Waals surface area (Å²) in [6, 6.07) is 17.0. The van der Waals surface area contributed by atoms with Crippen molar-refractivity contribution in [3.63, 3.8) is 0 Å². The van der Waals surface area contributed by atoms with E-state index in [4.69, 9.17) is 4.74 Å². The van der Waals surface area contributed by atoms with Gasteiger partial charge in [-0.3, -0.25) is 9.59 Å². The molecular weight excluding hydrogens is 328 g/mol. The Hall–Kier alpha value is -2.82. The Morgan fingerprint density at radius 3 is 2.42 bits per heavy atom. The molecule has 1 aliphatic rings. The second-order valence-electron chi connectivity index (χ2n) is 6.51. The summed E-state index contributed by atoms with van der Waals surface area (Å²) < 4.78 is 5.52. The standard InChI is InChI=1S/C21H24N2O3/c1-3-26-19-12-8-7-11-18(19)23-21(25)17-13-16(17)20(24)22-14(2)15-9-5-4-6-10-15/h4-12,14,16-17H,3,13H2,1-2H3,(H,22,24)(H,23,25). The van der Waals surface area contributed by atoms with Gasteiger partial charge in [0.25, 0.3) is 0 Å². The molecule has 2 aromatic rings. The van der Waals surface area contributed by atoms with Crippen LogP contribution in [0.25, 0.3) is 0 Å². The van der Waals surface area contributed by atoms with E-state index in [2.05, 4.69) is 10.6 Å². The van der Waals surface area contributed by atoms with Gasteiger partial charge in [-0.15, -0.1) is 0 Å². The summed E-state index contributed by atoms with van der Waals surface area (Å²) in [6.07, 6.45) is 0.579. The molecule has 1 saturated carbocycles. The average Bonchev–Trinajstić information content (AvgIpc) is 3.45. The number of nitrogens with one attached hydrogen (secondary N) is 2. The van der Waals surface area contributed by atoms with Gasteiger partial charge in [0, 0.05) is 0 Å². The molecule has 2 N–H and O–H groups in total. The van der Waals surface area contributed by atoms with Crippen LogP contribution in [0.15, 0.2) is 54.6 Å². The summed E-state index contributed by atoms with van der Waals surface area (Å²) in [5.41, 5.74) is 1.69. The van der Waals surface area contributed by atoms with E-state index in [0.717, 1.165) is 5.56 Å². The predicted molar refractivity (Wildman–Crippen MR) is 101 cm³/mol. The van der Waals surface area contributed by atoms with Gasteiger partial charge in [0.15, 0.2) is 0 Å². The molecule has 0 radical (unpaired) electrons. The molecule has 1 fully saturated rings. The zero-order valence-corrected chi connectivity index (χ0v) is 15.1. The van der Waals surface area contributed by atoms with Crippen LogP contribution in [0.3, 0.4) is 0 Å². The Labute approximate surface area is 153 Å². The highest BCUT2D eigenvalue weighted by molar-refractivity contribution is 6.00. The topological polar surface area (TPSA) is 67.4 Å². The molecule has 0 aromatic heterocycles. The zero-order valence-electron chi connectivity index (χ0n) is 15.1. The summed E-state index contributed by atoms with van der Waals surface area (Å²) >= 11 is 0. The molecule has 5 heteroatoms. The van der Waals surface area contributed by atoms with Crippen LogP contribution in [0.5, 0.6) is 5.75 Å². The minimum atomic E-state index is -0.285. The molecule has 2 amide bonds. The number of carbonyl (C=O) groups is 2. The molecular formula is C21H24N2O3. The first-order valence-corrected chi connectivity index (χ1v) is 8.98. The molecule has 0 bridgehead atoms. The molecule has 5 nitrogen and oxygen atoms in total. The molecule has 26 heavy (non-hydrogen) atoms. The third kappa shape index (κ3) is 4.23. The molecule has 3 atom stereocenters. The van der Waals surface area contributed by atoms with Crippen LogP contribution < -0.4 is 15.4 Å². The van der Waals surface area contributed by atoms with Gasteiger partial charge in [-0.1, -0.05) is 42.5 Å². The second kappa shape index (κ2) is 8.04. The molecule has 3 unspecified atom stereocenters. The molecule has 0 saturated heterocycles.